The number of benzene rings is 3. The van der Waals surface area contributed by atoms with E-state index in [0.717, 1.165) is 33.5 Å². The van der Waals surface area contributed by atoms with E-state index in [1.165, 1.54) is 0 Å². The van der Waals surface area contributed by atoms with E-state index in [1.54, 1.807) is 6.20 Å². The highest BCUT2D eigenvalue weighted by Crippen LogP contribution is 2.22. The highest BCUT2D eigenvalue weighted by atomic mass is 35.5. The maximum absolute atomic E-state index is 12.3. The lowest BCUT2D eigenvalue weighted by Crippen LogP contribution is -2.24. The first-order chi connectivity index (χ1) is 15.6. The molecule has 6 nitrogen and oxygen atoms in total. The van der Waals surface area contributed by atoms with Crippen LogP contribution in [0.1, 0.15) is 11.1 Å². The monoisotopic (exact) mass is 465 g/mol. The molecule has 32 heavy (non-hydrogen) atoms. The fourth-order valence-corrected chi connectivity index (χ4v) is 3.32. The van der Waals surface area contributed by atoms with Gasteiger partial charge in [0.15, 0.2) is 5.95 Å². The number of imidazole rings is 1. The van der Waals surface area contributed by atoms with Gasteiger partial charge in [0, 0.05) is 11.6 Å². The molecule has 0 spiro atoms. The molecule has 4 aromatic rings. The van der Waals surface area contributed by atoms with Crippen LogP contribution in [0.15, 0.2) is 79.0 Å². The van der Waals surface area contributed by atoms with Crippen molar-refractivity contribution in [2.24, 2.45) is 5.14 Å². The van der Waals surface area contributed by atoms with Crippen LogP contribution in [0, 0.1) is 0 Å². The van der Waals surface area contributed by atoms with Crippen molar-refractivity contribution in [3.8, 4) is 22.4 Å². The fourth-order valence-electron chi connectivity index (χ4n) is 3.19. The Labute approximate surface area is 197 Å². The molecule has 0 radical (unpaired) electrons. The minimum absolute atomic E-state index is 0.0142. The zero-order chi connectivity index (χ0) is 22.9. The quantitative estimate of drug-likeness (QED) is 0.267. The molecule has 0 fully saturated rings. The average Bonchev–Trinajstić information content (AvgIpc) is 3.27. The second-order valence-electron chi connectivity index (χ2n) is 7.04. The molecule has 8 heteroatoms. The first-order valence-electron chi connectivity index (χ1n) is 9.84. The number of nitrogens with two attached hydrogens (primary N) is 2. The van der Waals surface area contributed by atoms with E-state index in [-0.39, 0.29) is 5.91 Å². The van der Waals surface area contributed by atoms with Crippen molar-refractivity contribution in [1.82, 2.24) is 15.3 Å². The Kier molecular flexibility index (Phi) is 8.33. The summed E-state index contributed by atoms with van der Waals surface area (Å²) in [7, 11) is 0. The highest BCUT2D eigenvalue weighted by Gasteiger charge is 2.06. The van der Waals surface area contributed by atoms with Crippen LogP contribution in [0.3, 0.4) is 0 Å². The molecule has 164 valence electrons. The molecule has 0 saturated carbocycles. The number of thiol groups is 1. The van der Waals surface area contributed by atoms with Crippen LogP contribution in [0.25, 0.3) is 22.4 Å². The molecular weight excluding hydrogens is 442 g/mol. The van der Waals surface area contributed by atoms with Crippen LogP contribution in [-0.4, -0.2) is 15.9 Å². The molecule has 0 atom stereocenters. The van der Waals surface area contributed by atoms with Crippen LogP contribution in [0.5, 0.6) is 0 Å². The zero-order valence-corrected chi connectivity index (χ0v) is 18.9. The van der Waals surface area contributed by atoms with E-state index in [2.05, 4.69) is 33.2 Å². The maximum Gasteiger partial charge on any atom is 0.224 e. The first-order valence-corrected chi connectivity index (χ1v) is 10.7. The smallest absolute Gasteiger partial charge is 0.224 e. The average molecular weight is 466 g/mol. The summed E-state index contributed by atoms with van der Waals surface area (Å²) in [6.07, 6.45) is 2.04. The Morgan fingerprint density at radius 2 is 1.41 bits per heavy atom. The number of amides is 1. The lowest BCUT2D eigenvalue weighted by atomic mass is 10.0. The summed E-state index contributed by atoms with van der Waals surface area (Å²) in [6, 6.07) is 23.6. The van der Waals surface area contributed by atoms with Crippen molar-refractivity contribution in [2.45, 2.75) is 13.0 Å². The summed E-state index contributed by atoms with van der Waals surface area (Å²) in [5.41, 5.74) is 11.7. The molecule has 0 aliphatic rings. The lowest BCUT2D eigenvalue weighted by Gasteiger charge is -2.08. The third-order valence-corrected chi connectivity index (χ3v) is 5.10. The third-order valence-electron chi connectivity index (χ3n) is 4.85. The number of nitrogens with one attached hydrogen (secondary N) is 2. The van der Waals surface area contributed by atoms with Crippen molar-refractivity contribution in [3.63, 3.8) is 0 Å². The molecule has 0 unspecified atom stereocenters. The summed E-state index contributed by atoms with van der Waals surface area (Å²) in [6.45, 7) is 0.479. The third kappa shape index (κ3) is 6.37. The van der Waals surface area contributed by atoms with Gasteiger partial charge in [0.25, 0.3) is 0 Å². The van der Waals surface area contributed by atoms with Crippen molar-refractivity contribution in [3.05, 3.63) is 95.1 Å². The molecule has 0 saturated heterocycles. The van der Waals surface area contributed by atoms with Crippen molar-refractivity contribution in [2.75, 3.05) is 5.73 Å². The van der Waals surface area contributed by atoms with Gasteiger partial charge >= 0.3 is 0 Å². The van der Waals surface area contributed by atoms with Gasteiger partial charge in [-0.3, -0.25) is 9.93 Å². The minimum Gasteiger partial charge on any atom is -0.369 e. The van der Waals surface area contributed by atoms with Crippen molar-refractivity contribution < 1.29 is 4.79 Å². The van der Waals surface area contributed by atoms with Gasteiger partial charge < -0.3 is 16.0 Å². The first kappa shape index (κ1) is 23.4. The summed E-state index contributed by atoms with van der Waals surface area (Å²) in [5.74, 6) is 0.377. The molecule has 0 bridgehead atoms. The van der Waals surface area contributed by atoms with E-state index in [1.807, 2.05) is 72.8 Å². The number of rotatable bonds is 6. The van der Waals surface area contributed by atoms with Gasteiger partial charge in [-0.05, 0) is 39.9 Å². The lowest BCUT2D eigenvalue weighted by molar-refractivity contribution is -0.120. The Balaban J connectivity index is 0.00000141. The topological polar surface area (TPSA) is 110 Å². The number of nitrogens with zero attached hydrogens (tertiary/aromatic N) is 1. The number of anilines is 1. The minimum atomic E-state index is -0.0142. The zero-order valence-electron chi connectivity index (χ0n) is 17.3. The number of aromatic amines is 1. The Morgan fingerprint density at radius 1 is 0.875 bits per heavy atom. The van der Waals surface area contributed by atoms with Gasteiger partial charge in [-0.1, -0.05) is 72.3 Å². The van der Waals surface area contributed by atoms with E-state index in [0.29, 0.717) is 23.9 Å². The summed E-state index contributed by atoms with van der Waals surface area (Å²) in [4.78, 5) is 19.3. The second-order valence-corrected chi connectivity index (χ2v) is 7.47. The van der Waals surface area contributed by atoms with Crippen LogP contribution in [-0.2, 0) is 17.8 Å². The normalized spacial score (nSPS) is 10.2. The highest BCUT2D eigenvalue weighted by molar-refractivity contribution is 7.77. The Hall–Kier alpha value is -3.26. The Bertz CT molecular complexity index is 1140. The molecule has 1 heterocycles. The fraction of sp³-hybridized carbons (Fsp3) is 0.0833. The molecule has 4 rings (SSSR count). The number of nitrogen functional groups attached to an aromatic ring is 1. The van der Waals surface area contributed by atoms with E-state index < -0.39 is 0 Å². The number of aromatic nitrogens is 2. The molecular formula is C24H24ClN5OS. The molecule has 6 N–H and O–H groups in total. The summed E-state index contributed by atoms with van der Waals surface area (Å²) in [5, 5.41) is 7.88. The number of hydrogen-bond acceptors (Lipinski definition) is 5. The molecule has 1 amide bonds. The van der Waals surface area contributed by atoms with Crippen molar-refractivity contribution >= 4 is 36.3 Å². The van der Waals surface area contributed by atoms with Crippen LogP contribution in [0.4, 0.5) is 5.95 Å². The number of carbonyl (C=O) groups is 1. The number of carbonyl (C=O) groups excluding carboxylic acids is 1. The summed E-state index contributed by atoms with van der Waals surface area (Å²) >= 11 is 8.97. The maximum atomic E-state index is 12.3. The van der Waals surface area contributed by atoms with Crippen LogP contribution < -0.4 is 16.2 Å². The number of H-pyrrole nitrogens is 1. The van der Waals surface area contributed by atoms with Gasteiger partial charge in [0.05, 0.1) is 18.3 Å². The second kappa shape index (κ2) is 11.4. The van der Waals surface area contributed by atoms with E-state index in [9.17, 15) is 4.79 Å². The SMILES string of the molecule is NS.Nc1ncc(-c2ccc(CNC(=O)Cc3ccc(-c4ccc(Cl)cc4)cc3)cc2)[nH]1. The molecule has 1 aromatic heterocycles. The van der Waals surface area contributed by atoms with Gasteiger partial charge in [-0.15, -0.1) is 12.8 Å². The number of hydrogen-bond donors (Lipinski definition) is 5. The largest absolute Gasteiger partial charge is 0.369 e. The number of halogens is 1. The van der Waals surface area contributed by atoms with Gasteiger partial charge in [0.2, 0.25) is 5.91 Å². The summed E-state index contributed by atoms with van der Waals surface area (Å²) < 4.78 is 0. The standard InChI is InChI=1S/C24H21ClN4O.H3NS/c25-21-11-9-19(10-12-21)18-5-1-16(2-6-18)13-23(30)27-14-17-3-7-20(8-4-17)22-15-28-24(26)29-22;1-2/h1-12,15H,13-14H2,(H,27,30)(H3,26,28,29);2H,1H2. The predicted molar refractivity (Wildman–Crippen MR) is 134 cm³/mol. The van der Waals surface area contributed by atoms with E-state index >= 15 is 0 Å². The van der Waals surface area contributed by atoms with Gasteiger partial charge in [-0.2, -0.15) is 0 Å². The van der Waals surface area contributed by atoms with Gasteiger partial charge in [0.1, 0.15) is 0 Å². The molecule has 3 aromatic carbocycles. The molecule has 0 aliphatic carbocycles. The predicted octanol–water partition coefficient (Wildman–Crippen LogP) is 4.63. The Morgan fingerprint density at radius 3 is 1.97 bits per heavy atom. The van der Waals surface area contributed by atoms with Crippen molar-refractivity contribution in [1.29, 1.82) is 0 Å². The molecule has 0 aliphatic heterocycles. The van der Waals surface area contributed by atoms with E-state index in [4.69, 9.17) is 17.3 Å². The van der Waals surface area contributed by atoms with Gasteiger partial charge in [-0.25, -0.2) is 4.98 Å². The van der Waals surface area contributed by atoms with Crippen LogP contribution >= 0.6 is 24.4 Å². The van der Waals surface area contributed by atoms with Crippen LogP contribution in [0.2, 0.25) is 5.02 Å².